The molecule has 8 heteroatoms. The number of amides is 1. The topological polar surface area (TPSA) is 73.8 Å². The first-order valence-corrected chi connectivity index (χ1v) is 9.09. The van der Waals surface area contributed by atoms with Gasteiger partial charge in [0.15, 0.2) is 5.84 Å². The van der Waals surface area contributed by atoms with E-state index in [2.05, 4.69) is 10.1 Å². The zero-order valence-electron chi connectivity index (χ0n) is 14.9. The van der Waals surface area contributed by atoms with E-state index in [0.29, 0.717) is 10.9 Å². The highest BCUT2D eigenvalue weighted by Crippen LogP contribution is 2.29. The van der Waals surface area contributed by atoms with E-state index >= 15 is 0 Å². The van der Waals surface area contributed by atoms with Crippen LogP contribution in [-0.4, -0.2) is 31.5 Å². The molecule has 1 N–H and O–H groups in total. The van der Waals surface area contributed by atoms with E-state index in [9.17, 15) is 9.18 Å². The lowest BCUT2D eigenvalue weighted by atomic mass is 10.1. The number of aryl methyl sites for hydroxylation is 1. The summed E-state index contributed by atoms with van der Waals surface area (Å²) in [6.07, 6.45) is 1.62. The molecule has 0 saturated heterocycles. The number of amidine groups is 2. The number of para-hydroxylation sites is 1. The van der Waals surface area contributed by atoms with Crippen LogP contribution < -0.4 is 0 Å². The Kier molecular flexibility index (Phi) is 4.07. The third kappa shape index (κ3) is 2.82. The van der Waals surface area contributed by atoms with Crippen molar-refractivity contribution in [1.82, 2.24) is 9.58 Å². The molecule has 0 unspecified atom stereocenters. The van der Waals surface area contributed by atoms with Crippen LogP contribution in [0.1, 0.15) is 23.9 Å². The highest BCUT2D eigenvalue weighted by Gasteiger charge is 2.34. The van der Waals surface area contributed by atoms with E-state index in [1.54, 1.807) is 35.8 Å². The Morgan fingerprint density at radius 1 is 1.22 bits per heavy atom. The van der Waals surface area contributed by atoms with Crippen LogP contribution in [0.5, 0.6) is 0 Å². The smallest absolute Gasteiger partial charge is 0.283 e. The summed E-state index contributed by atoms with van der Waals surface area (Å²) in [6.45, 7) is 5.52. The zero-order chi connectivity index (χ0) is 19.3. The molecular formula is C19H16FN5OS. The molecule has 27 heavy (non-hydrogen) atoms. The number of hydrogen-bond donors (Lipinski definition) is 1. The van der Waals surface area contributed by atoms with Gasteiger partial charge >= 0.3 is 0 Å². The fourth-order valence-corrected chi connectivity index (χ4v) is 3.91. The van der Waals surface area contributed by atoms with Gasteiger partial charge in [-0.15, -0.1) is 0 Å². The molecule has 0 aliphatic carbocycles. The number of rotatable bonds is 2. The molecule has 1 aromatic heterocycles. The van der Waals surface area contributed by atoms with Crippen LogP contribution in [-0.2, 0) is 4.79 Å². The predicted octanol–water partition coefficient (Wildman–Crippen LogP) is 3.87. The number of aromatic nitrogens is 1. The molecule has 2 aliphatic heterocycles. The van der Waals surface area contributed by atoms with Gasteiger partial charge in [0.05, 0.1) is 16.3 Å². The molecule has 1 amide bonds. The van der Waals surface area contributed by atoms with Crippen molar-refractivity contribution in [3.8, 4) is 5.69 Å². The molecule has 0 spiro atoms. The van der Waals surface area contributed by atoms with Gasteiger partial charge < -0.3 is 4.57 Å². The summed E-state index contributed by atoms with van der Waals surface area (Å²) in [7, 11) is 0. The van der Waals surface area contributed by atoms with Gasteiger partial charge in [0.25, 0.3) is 5.91 Å². The third-order valence-corrected chi connectivity index (χ3v) is 5.24. The van der Waals surface area contributed by atoms with Gasteiger partial charge in [-0.05, 0) is 62.4 Å². The van der Waals surface area contributed by atoms with Gasteiger partial charge in [0.2, 0.25) is 5.17 Å². The van der Waals surface area contributed by atoms with Gasteiger partial charge in [-0.1, -0.05) is 12.1 Å². The van der Waals surface area contributed by atoms with Crippen LogP contribution in [0.2, 0.25) is 0 Å². The minimum absolute atomic E-state index is 0.00922. The minimum Gasteiger partial charge on any atom is -0.315 e. The number of hydrogen-bond acceptors (Lipinski definition) is 4. The summed E-state index contributed by atoms with van der Waals surface area (Å²) < 4.78 is 16.0. The number of aliphatic imine (C=N–C) groups is 1. The number of fused-ring (bicyclic) bond motifs is 1. The van der Waals surface area contributed by atoms with E-state index in [-0.39, 0.29) is 17.2 Å². The van der Waals surface area contributed by atoms with Gasteiger partial charge in [0.1, 0.15) is 5.82 Å². The highest BCUT2D eigenvalue weighted by molar-refractivity contribution is 8.26. The maximum Gasteiger partial charge on any atom is 0.283 e. The van der Waals surface area contributed by atoms with Crippen molar-refractivity contribution in [3.63, 3.8) is 0 Å². The van der Waals surface area contributed by atoms with Crippen LogP contribution in [0.15, 0.2) is 46.0 Å². The second-order valence-corrected chi connectivity index (χ2v) is 7.41. The number of nitrogens with one attached hydrogen (secondary N) is 1. The Hall–Kier alpha value is -3.00. The Balaban J connectivity index is 1.80. The second kappa shape index (κ2) is 6.31. The van der Waals surface area contributed by atoms with Gasteiger partial charge in [0, 0.05) is 11.4 Å². The largest absolute Gasteiger partial charge is 0.315 e. The maximum atomic E-state index is 14.2. The SMILES string of the molecule is CC1=NN2C(=N)/C(=C/c3cc(C)n(-c4ccccc4F)c3C)C(=O)N=C2S1. The molecule has 6 nitrogen and oxygen atoms in total. The molecule has 0 atom stereocenters. The van der Waals surface area contributed by atoms with Crippen molar-refractivity contribution in [2.75, 3.05) is 0 Å². The van der Waals surface area contributed by atoms with Crippen molar-refractivity contribution in [2.24, 2.45) is 10.1 Å². The zero-order valence-corrected chi connectivity index (χ0v) is 15.8. The molecule has 0 fully saturated rings. The molecule has 2 aliphatic rings. The average molecular weight is 381 g/mol. The molecule has 0 saturated carbocycles. The Bertz CT molecular complexity index is 1100. The standard InChI is InChI=1S/C19H16FN5OS/c1-10-8-13(11(2)24(10)16-7-5-4-6-15(16)20)9-14-17(21)25-19(22-18(14)26)27-12(3)23-25/h4-9,21H,1-3H3/b14-9-,21-17?. The second-order valence-electron chi connectivity index (χ2n) is 6.25. The molecule has 0 bridgehead atoms. The van der Waals surface area contributed by atoms with Crippen molar-refractivity contribution >= 4 is 39.8 Å². The molecule has 4 rings (SSSR count). The summed E-state index contributed by atoms with van der Waals surface area (Å²) >= 11 is 1.27. The van der Waals surface area contributed by atoms with Crippen LogP contribution >= 0.6 is 11.8 Å². The molecule has 0 radical (unpaired) electrons. The molecular weight excluding hydrogens is 365 g/mol. The lowest BCUT2D eigenvalue weighted by molar-refractivity contribution is -0.114. The first-order valence-electron chi connectivity index (χ1n) is 8.27. The van der Waals surface area contributed by atoms with Gasteiger partial charge in [-0.2, -0.15) is 15.1 Å². The van der Waals surface area contributed by atoms with Crippen LogP contribution in [0.25, 0.3) is 11.8 Å². The lowest BCUT2D eigenvalue weighted by Gasteiger charge is -2.20. The average Bonchev–Trinajstić information content (AvgIpc) is 3.12. The highest BCUT2D eigenvalue weighted by atomic mass is 32.2. The van der Waals surface area contributed by atoms with Gasteiger partial charge in [-0.3, -0.25) is 10.2 Å². The molecule has 1 aromatic carbocycles. The maximum absolute atomic E-state index is 14.2. The number of thioether (sulfide) groups is 1. The van der Waals surface area contributed by atoms with Crippen LogP contribution in [0.3, 0.4) is 0 Å². The quantitative estimate of drug-likeness (QED) is 0.803. The number of nitrogens with zero attached hydrogens (tertiary/aromatic N) is 4. The Labute approximate surface area is 159 Å². The summed E-state index contributed by atoms with van der Waals surface area (Å²) in [5, 5.41) is 15.1. The Morgan fingerprint density at radius 3 is 2.70 bits per heavy atom. The van der Waals surface area contributed by atoms with Crippen molar-refractivity contribution in [3.05, 3.63) is 58.7 Å². The van der Waals surface area contributed by atoms with E-state index in [0.717, 1.165) is 22.0 Å². The van der Waals surface area contributed by atoms with E-state index in [4.69, 9.17) is 5.41 Å². The summed E-state index contributed by atoms with van der Waals surface area (Å²) in [5.74, 6) is -0.808. The molecule has 2 aromatic rings. The van der Waals surface area contributed by atoms with E-state index < -0.39 is 5.91 Å². The molecule has 3 heterocycles. The number of hydrazone groups is 1. The normalized spacial score (nSPS) is 18.1. The van der Waals surface area contributed by atoms with Crippen molar-refractivity contribution in [2.45, 2.75) is 20.8 Å². The third-order valence-electron chi connectivity index (χ3n) is 4.42. The fourth-order valence-electron chi connectivity index (χ4n) is 3.18. The predicted molar refractivity (Wildman–Crippen MR) is 106 cm³/mol. The van der Waals surface area contributed by atoms with E-state index in [1.807, 2.05) is 19.9 Å². The fraction of sp³-hybridized carbons (Fsp3) is 0.158. The number of carbonyl (C=O) groups is 1. The lowest BCUT2D eigenvalue weighted by Crippen LogP contribution is -2.35. The first-order chi connectivity index (χ1) is 12.9. The number of halogens is 1. The van der Waals surface area contributed by atoms with Crippen molar-refractivity contribution in [1.29, 1.82) is 5.41 Å². The molecule has 136 valence electrons. The van der Waals surface area contributed by atoms with Crippen molar-refractivity contribution < 1.29 is 9.18 Å². The van der Waals surface area contributed by atoms with Gasteiger partial charge in [-0.25, -0.2) is 4.39 Å². The Morgan fingerprint density at radius 2 is 1.96 bits per heavy atom. The van der Waals surface area contributed by atoms with Crippen LogP contribution in [0.4, 0.5) is 4.39 Å². The summed E-state index contributed by atoms with van der Waals surface area (Å²) in [5.41, 5.74) is 2.94. The monoisotopic (exact) mass is 381 g/mol. The summed E-state index contributed by atoms with van der Waals surface area (Å²) in [4.78, 5) is 16.5. The van der Waals surface area contributed by atoms with Crippen LogP contribution in [0, 0.1) is 25.1 Å². The first kappa shape index (κ1) is 17.4. The van der Waals surface area contributed by atoms with E-state index in [1.165, 1.54) is 22.8 Å². The number of benzene rings is 1. The number of carbonyl (C=O) groups excluding carboxylic acids is 1. The minimum atomic E-state index is -0.473. The summed E-state index contributed by atoms with van der Waals surface area (Å²) in [6, 6.07) is 8.40.